The fourth-order valence-electron chi connectivity index (χ4n) is 2.58. The summed E-state index contributed by atoms with van der Waals surface area (Å²) in [5.74, 6) is 0. The molecule has 0 aromatic heterocycles. The summed E-state index contributed by atoms with van der Waals surface area (Å²) in [6.45, 7) is 5.88. The van der Waals surface area contributed by atoms with E-state index >= 15 is 0 Å². The van der Waals surface area contributed by atoms with Crippen LogP contribution in [0, 0.1) is 18.3 Å². The molecule has 0 amide bonds. The van der Waals surface area contributed by atoms with E-state index in [0.29, 0.717) is 12.6 Å². The van der Waals surface area contributed by atoms with Gasteiger partial charge in [0.05, 0.1) is 12.6 Å². The molecule has 1 aliphatic heterocycles. The van der Waals surface area contributed by atoms with Gasteiger partial charge in [-0.3, -0.25) is 4.90 Å². The van der Waals surface area contributed by atoms with Gasteiger partial charge in [-0.25, -0.2) is 0 Å². The van der Waals surface area contributed by atoms with Gasteiger partial charge in [-0.2, -0.15) is 5.26 Å². The number of likely N-dealkylation sites (tertiary alicyclic amines) is 1. The molecule has 0 radical (unpaired) electrons. The van der Waals surface area contributed by atoms with Crippen LogP contribution in [0.5, 0.6) is 0 Å². The van der Waals surface area contributed by atoms with Gasteiger partial charge in [-0.1, -0.05) is 24.3 Å². The van der Waals surface area contributed by atoms with Gasteiger partial charge in [-0.05, 0) is 37.4 Å². The Bertz CT molecular complexity index is 422. The second-order valence-electron chi connectivity index (χ2n) is 5.04. The lowest BCUT2D eigenvalue weighted by Gasteiger charge is -2.33. The summed E-state index contributed by atoms with van der Waals surface area (Å²) in [5, 5.41) is 11.9. The fraction of sp³-hybridized carbons (Fsp3) is 0.533. The van der Waals surface area contributed by atoms with Gasteiger partial charge in [0.15, 0.2) is 0 Å². The molecule has 1 aromatic carbocycles. The molecule has 1 N–H and O–H groups in total. The SMILES string of the molecule is Cc1ccccc1CN1CCCC(NCC#N)C1. The summed E-state index contributed by atoms with van der Waals surface area (Å²) in [6.07, 6.45) is 2.40. The Labute approximate surface area is 109 Å². The number of hydrogen-bond donors (Lipinski definition) is 1. The molecule has 3 heteroatoms. The van der Waals surface area contributed by atoms with Gasteiger partial charge in [-0.15, -0.1) is 0 Å². The summed E-state index contributed by atoms with van der Waals surface area (Å²) in [5.41, 5.74) is 2.78. The highest BCUT2D eigenvalue weighted by Gasteiger charge is 2.19. The summed E-state index contributed by atoms with van der Waals surface area (Å²) >= 11 is 0. The van der Waals surface area contributed by atoms with Crippen molar-refractivity contribution in [3.63, 3.8) is 0 Å². The largest absolute Gasteiger partial charge is 0.300 e. The highest BCUT2D eigenvalue weighted by atomic mass is 15.2. The second-order valence-corrected chi connectivity index (χ2v) is 5.04. The molecule has 1 heterocycles. The minimum absolute atomic E-state index is 0.461. The summed E-state index contributed by atoms with van der Waals surface area (Å²) in [4.78, 5) is 2.49. The van der Waals surface area contributed by atoms with Crippen molar-refractivity contribution in [1.29, 1.82) is 5.26 Å². The fourth-order valence-corrected chi connectivity index (χ4v) is 2.58. The Morgan fingerprint density at radius 3 is 3.06 bits per heavy atom. The maximum Gasteiger partial charge on any atom is 0.0843 e. The average molecular weight is 243 g/mol. The molecule has 0 saturated carbocycles. The highest BCUT2D eigenvalue weighted by Crippen LogP contribution is 2.15. The van der Waals surface area contributed by atoms with Crippen LogP contribution in [0.15, 0.2) is 24.3 Å². The van der Waals surface area contributed by atoms with Crippen molar-refractivity contribution in [1.82, 2.24) is 10.2 Å². The average Bonchev–Trinajstić information content (AvgIpc) is 2.40. The molecule has 1 atom stereocenters. The Hall–Kier alpha value is -1.37. The first-order chi connectivity index (χ1) is 8.79. The quantitative estimate of drug-likeness (QED) is 0.823. The van der Waals surface area contributed by atoms with Crippen molar-refractivity contribution in [2.75, 3.05) is 19.6 Å². The monoisotopic (exact) mass is 243 g/mol. The predicted molar refractivity (Wildman–Crippen MR) is 73.1 cm³/mol. The van der Waals surface area contributed by atoms with Crippen molar-refractivity contribution in [3.8, 4) is 6.07 Å². The first-order valence-electron chi connectivity index (χ1n) is 6.67. The predicted octanol–water partition coefficient (Wildman–Crippen LogP) is 2.07. The lowest BCUT2D eigenvalue weighted by molar-refractivity contribution is 0.185. The van der Waals surface area contributed by atoms with Crippen LogP contribution < -0.4 is 5.32 Å². The second kappa shape index (κ2) is 6.53. The Morgan fingerprint density at radius 1 is 1.44 bits per heavy atom. The Morgan fingerprint density at radius 2 is 2.28 bits per heavy atom. The van der Waals surface area contributed by atoms with E-state index in [1.807, 2.05) is 0 Å². The van der Waals surface area contributed by atoms with Crippen molar-refractivity contribution < 1.29 is 0 Å². The van der Waals surface area contributed by atoms with Crippen LogP contribution in [-0.4, -0.2) is 30.6 Å². The minimum Gasteiger partial charge on any atom is -0.300 e. The third-order valence-electron chi connectivity index (χ3n) is 3.63. The van der Waals surface area contributed by atoms with Crippen molar-refractivity contribution in [3.05, 3.63) is 35.4 Å². The lowest BCUT2D eigenvalue weighted by atomic mass is 10.0. The number of nitrogens with zero attached hydrogens (tertiary/aromatic N) is 2. The van der Waals surface area contributed by atoms with Crippen LogP contribution >= 0.6 is 0 Å². The lowest BCUT2D eigenvalue weighted by Crippen LogP contribution is -2.45. The van der Waals surface area contributed by atoms with E-state index in [1.165, 1.54) is 30.5 Å². The molecule has 18 heavy (non-hydrogen) atoms. The van der Waals surface area contributed by atoms with Crippen LogP contribution in [0.3, 0.4) is 0 Å². The molecule has 3 nitrogen and oxygen atoms in total. The van der Waals surface area contributed by atoms with Crippen molar-refractivity contribution >= 4 is 0 Å². The van der Waals surface area contributed by atoms with Crippen LogP contribution in [0.25, 0.3) is 0 Å². The molecular formula is C15H21N3. The third-order valence-corrected chi connectivity index (χ3v) is 3.63. The number of nitriles is 1. The molecule has 96 valence electrons. The normalized spacial score (nSPS) is 20.6. The van der Waals surface area contributed by atoms with Crippen molar-refractivity contribution in [2.24, 2.45) is 0 Å². The summed E-state index contributed by atoms with van der Waals surface area (Å²) in [7, 11) is 0. The number of piperidine rings is 1. The topological polar surface area (TPSA) is 39.1 Å². The zero-order valence-corrected chi connectivity index (χ0v) is 11.0. The molecule has 0 spiro atoms. The Kier molecular flexibility index (Phi) is 4.74. The highest BCUT2D eigenvalue weighted by molar-refractivity contribution is 5.25. The number of rotatable bonds is 4. The molecule has 1 aromatic rings. The first kappa shape index (κ1) is 13.1. The molecule has 1 unspecified atom stereocenters. The van der Waals surface area contributed by atoms with Crippen LogP contribution in [0.1, 0.15) is 24.0 Å². The van der Waals surface area contributed by atoms with Gasteiger partial charge in [0.1, 0.15) is 0 Å². The minimum atomic E-state index is 0.461. The zero-order valence-electron chi connectivity index (χ0n) is 11.0. The molecule has 1 aliphatic rings. The summed E-state index contributed by atoms with van der Waals surface area (Å²) in [6, 6.07) is 11.2. The van der Waals surface area contributed by atoms with E-state index in [9.17, 15) is 0 Å². The van der Waals surface area contributed by atoms with Gasteiger partial charge in [0.2, 0.25) is 0 Å². The van der Waals surface area contributed by atoms with E-state index < -0.39 is 0 Å². The van der Waals surface area contributed by atoms with Gasteiger partial charge in [0, 0.05) is 19.1 Å². The maximum atomic E-state index is 8.61. The van der Waals surface area contributed by atoms with E-state index in [0.717, 1.165) is 13.1 Å². The standard InChI is InChI=1S/C15H21N3/c1-13-5-2-3-6-14(13)11-18-10-4-7-15(12-18)17-9-8-16/h2-3,5-6,15,17H,4,7,9-12H2,1H3. The number of benzene rings is 1. The number of aryl methyl sites for hydroxylation is 1. The zero-order chi connectivity index (χ0) is 12.8. The van der Waals surface area contributed by atoms with Gasteiger partial charge in [0.25, 0.3) is 0 Å². The molecule has 0 bridgehead atoms. The molecular weight excluding hydrogens is 222 g/mol. The van der Waals surface area contributed by atoms with E-state index in [-0.39, 0.29) is 0 Å². The van der Waals surface area contributed by atoms with E-state index in [4.69, 9.17) is 5.26 Å². The molecule has 2 rings (SSSR count). The smallest absolute Gasteiger partial charge is 0.0843 e. The summed E-state index contributed by atoms with van der Waals surface area (Å²) < 4.78 is 0. The maximum absolute atomic E-state index is 8.61. The third kappa shape index (κ3) is 3.56. The number of hydrogen-bond acceptors (Lipinski definition) is 3. The molecule has 1 saturated heterocycles. The van der Waals surface area contributed by atoms with Crippen LogP contribution in [0.2, 0.25) is 0 Å². The number of nitrogens with one attached hydrogen (secondary N) is 1. The van der Waals surface area contributed by atoms with Crippen LogP contribution in [-0.2, 0) is 6.54 Å². The Balaban J connectivity index is 1.90. The van der Waals surface area contributed by atoms with Crippen LogP contribution in [0.4, 0.5) is 0 Å². The van der Waals surface area contributed by atoms with E-state index in [2.05, 4.69) is 47.5 Å². The van der Waals surface area contributed by atoms with Crippen molar-refractivity contribution in [2.45, 2.75) is 32.4 Å². The van der Waals surface area contributed by atoms with E-state index in [1.54, 1.807) is 0 Å². The molecule has 1 fully saturated rings. The van der Waals surface area contributed by atoms with Gasteiger partial charge >= 0.3 is 0 Å². The van der Waals surface area contributed by atoms with Gasteiger partial charge < -0.3 is 5.32 Å². The molecule has 0 aliphatic carbocycles. The first-order valence-corrected chi connectivity index (χ1v) is 6.67.